The van der Waals surface area contributed by atoms with Gasteiger partial charge in [-0.15, -0.1) is 10.2 Å². The van der Waals surface area contributed by atoms with E-state index >= 15 is 0 Å². The topological polar surface area (TPSA) is 99.3 Å². The lowest BCUT2D eigenvalue weighted by Crippen LogP contribution is -1.99. The number of hydrogen-bond donors (Lipinski definition) is 2. The minimum atomic E-state index is -4.47. The summed E-state index contributed by atoms with van der Waals surface area (Å²) in [6.07, 6.45) is 0. The zero-order chi connectivity index (χ0) is 17.3. The average molecular weight is 454 g/mol. The maximum absolute atomic E-state index is 11.6. The van der Waals surface area contributed by atoms with Crippen LogP contribution in [0.4, 0.5) is 11.4 Å². The van der Waals surface area contributed by atoms with E-state index in [4.69, 9.17) is 0 Å². The van der Waals surface area contributed by atoms with Crippen LogP contribution in [0.25, 0.3) is 10.8 Å². The maximum atomic E-state index is 11.6. The van der Waals surface area contributed by atoms with Crippen LogP contribution in [0.1, 0.15) is 0 Å². The summed E-state index contributed by atoms with van der Waals surface area (Å²) in [4.78, 5) is -0.326. The molecular weight excluding hydrogens is 443 g/mol. The van der Waals surface area contributed by atoms with Crippen LogP contribution in [0.3, 0.4) is 0 Å². The number of azo groups is 1. The molecule has 0 unspecified atom stereocenters. The van der Waals surface area contributed by atoms with Crippen molar-refractivity contribution in [2.45, 2.75) is 4.90 Å². The lowest BCUT2D eigenvalue weighted by molar-refractivity contribution is 0.480. The monoisotopic (exact) mass is 454 g/mol. The molecule has 0 saturated carbocycles. The zero-order valence-electron chi connectivity index (χ0n) is 12.1. The Morgan fingerprint density at radius 2 is 1.46 bits per heavy atom. The van der Waals surface area contributed by atoms with Crippen molar-refractivity contribution in [3.05, 3.63) is 58.2 Å². The standard InChI is InChI=1S/C16H11IN2O4S/c17-12-7-3-4-8-13(12)18-19-14-9-15(24(21,22)23)10-5-1-2-6-11(10)16(14)20/h1-9,20H,(H,21,22,23). The second kappa shape index (κ2) is 6.46. The van der Waals surface area contributed by atoms with Crippen LogP contribution in [0, 0.1) is 3.57 Å². The van der Waals surface area contributed by atoms with Gasteiger partial charge in [-0.25, -0.2) is 0 Å². The SMILES string of the molecule is O=S(=O)(O)c1cc(N=Nc2ccccc2I)c(O)c2ccccc12. The van der Waals surface area contributed by atoms with Crippen molar-refractivity contribution < 1.29 is 18.1 Å². The Balaban J connectivity index is 2.22. The first kappa shape index (κ1) is 16.8. The van der Waals surface area contributed by atoms with E-state index in [-0.39, 0.29) is 27.1 Å². The fourth-order valence-electron chi connectivity index (χ4n) is 2.24. The van der Waals surface area contributed by atoms with Gasteiger partial charge in [0, 0.05) is 14.3 Å². The Bertz CT molecular complexity index is 1060. The molecule has 3 rings (SSSR count). The van der Waals surface area contributed by atoms with Gasteiger partial charge < -0.3 is 5.11 Å². The Kier molecular flexibility index (Phi) is 4.52. The molecule has 0 heterocycles. The average Bonchev–Trinajstić information content (AvgIpc) is 2.54. The summed E-state index contributed by atoms with van der Waals surface area (Å²) >= 11 is 2.09. The van der Waals surface area contributed by atoms with Gasteiger partial charge in [0.15, 0.2) is 5.75 Å². The van der Waals surface area contributed by atoms with E-state index in [0.717, 1.165) is 9.64 Å². The molecule has 122 valence electrons. The van der Waals surface area contributed by atoms with E-state index in [2.05, 4.69) is 32.8 Å². The molecular formula is C16H11IN2O4S. The molecule has 0 fully saturated rings. The van der Waals surface area contributed by atoms with Gasteiger partial charge in [-0.05, 0) is 40.8 Å². The highest BCUT2D eigenvalue weighted by atomic mass is 127. The molecule has 0 radical (unpaired) electrons. The quantitative estimate of drug-likeness (QED) is 0.337. The summed E-state index contributed by atoms with van der Waals surface area (Å²) in [5, 5.41) is 18.8. The summed E-state index contributed by atoms with van der Waals surface area (Å²) < 4.78 is 33.6. The van der Waals surface area contributed by atoms with E-state index in [0.29, 0.717) is 5.69 Å². The Morgan fingerprint density at radius 1 is 0.875 bits per heavy atom. The Hall–Kier alpha value is -2.04. The Morgan fingerprint density at radius 3 is 2.12 bits per heavy atom. The summed E-state index contributed by atoms with van der Waals surface area (Å²) in [5.41, 5.74) is 0.542. The molecule has 2 N–H and O–H groups in total. The van der Waals surface area contributed by atoms with Gasteiger partial charge in [0.25, 0.3) is 10.1 Å². The lowest BCUT2D eigenvalue weighted by atomic mass is 10.1. The molecule has 0 amide bonds. The van der Waals surface area contributed by atoms with Crippen molar-refractivity contribution in [1.29, 1.82) is 0 Å². The van der Waals surface area contributed by atoms with Crippen LogP contribution >= 0.6 is 22.6 Å². The molecule has 0 atom stereocenters. The molecule has 8 heteroatoms. The van der Waals surface area contributed by atoms with E-state index in [1.165, 1.54) is 6.07 Å². The summed E-state index contributed by atoms with van der Waals surface area (Å²) in [5.74, 6) is -0.201. The van der Waals surface area contributed by atoms with Gasteiger partial charge in [0.05, 0.1) is 5.69 Å². The second-order valence-electron chi connectivity index (χ2n) is 4.91. The van der Waals surface area contributed by atoms with Crippen molar-refractivity contribution in [3.63, 3.8) is 0 Å². The first-order chi connectivity index (χ1) is 11.4. The molecule has 3 aromatic rings. The maximum Gasteiger partial charge on any atom is 0.295 e. The van der Waals surface area contributed by atoms with Crippen molar-refractivity contribution in [2.75, 3.05) is 0 Å². The van der Waals surface area contributed by atoms with Gasteiger partial charge in [-0.1, -0.05) is 36.4 Å². The number of fused-ring (bicyclic) bond motifs is 1. The highest BCUT2D eigenvalue weighted by Crippen LogP contribution is 2.39. The molecule has 0 saturated heterocycles. The highest BCUT2D eigenvalue weighted by molar-refractivity contribution is 14.1. The number of hydrogen-bond acceptors (Lipinski definition) is 5. The van der Waals surface area contributed by atoms with Crippen LogP contribution < -0.4 is 0 Å². The number of phenolic OH excluding ortho intramolecular Hbond substituents is 1. The van der Waals surface area contributed by atoms with Gasteiger partial charge in [0.2, 0.25) is 0 Å². The van der Waals surface area contributed by atoms with Crippen molar-refractivity contribution >= 4 is 54.9 Å². The van der Waals surface area contributed by atoms with Gasteiger partial charge in [0.1, 0.15) is 10.6 Å². The first-order valence-corrected chi connectivity index (χ1v) is 9.28. The first-order valence-electron chi connectivity index (χ1n) is 6.76. The van der Waals surface area contributed by atoms with E-state index in [9.17, 15) is 18.1 Å². The number of rotatable bonds is 3. The predicted molar refractivity (Wildman–Crippen MR) is 98.8 cm³/mol. The molecule has 6 nitrogen and oxygen atoms in total. The van der Waals surface area contributed by atoms with Gasteiger partial charge >= 0.3 is 0 Å². The molecule has 0 aliphatic carbocycles. The fourth-order valence-corrected chi connectivity index (χ4v) is 3.45. The van der Waals surface area contributed by atoms with Gasteiger partial charge in [-0.2, -0.15) is 8.42 Å². The van der Waals surface area contributed by atoms with E-state index < -0.39 is 10.1 Å². The number of phenols is 1. The number of benzene rings is 3. The second-order valence-corrected chi connectivity index (χ2v) is 7.47. The third-order valence-electron chi connectivity index (χ3n) is 3.35. The third kappa shape index (κ3) is 3.25. The van der Waals surface area contributed by atoms with Crippen LogP contribution in [0.5, 0.6) is 5.75 Å². The highest BCUT2D eigenvalue weighted by Gasteiger charge is 2.19. The molecule has 3 aromatic carbocycles. The molecule has 24 heavy (non-hydrogen) atoms. The van der Waals surface area contributed by atoms with E-state index in [1.807, 2.05) is 12.1 Å². The summed E-state index contributed by atoms with van der Waals surface area (Å²) in [7, 11) is -4.47. The summed E-state index contributed by atoms with van der Waals surface area (Å²) in [6, 6.07) is 14.6. The molecule has 0 aromatic heterocycles. The number of nitrogens with zero attached hydrogens (tertiary/aromatic N) is 2. The zero-order valence-corrected chi connectivity index (χ0v) is 15.1. The van der Waals surface area contributed by atoms with Crippen LogP contribution in [-0.2, 0) is 10.1 Å². The molecule has 0 spiro atoms. The van der Waals surface area contributed by atoms with Crippen LogP contribution in [0.2, 0.25) is 0 Å². The molecule has 0 aliphatic rings. The van der Waals surface area contributed by atoms with Crippen molar-refractivity contribution in [1.82, 2.24) is 0 Å². The number of halogens is 1. The Labute approximate surface area is 151 Å². The van der Waals surface area contributed by atoms with Crippen molar-refractivity contribution in [2.24, 2.45) is 10.2 Å². The number of aromatic hydroxyl groups is 1. The predicted octanol–water partition coefficient (Wildman–Crippen LogP) is 4.81. The normalized spacial score (nSPS) is 12.1. The molecule has 0 aliphatic heterocycles. The lowest BCUT2D eigenvalue weighted by Gasteiger charge is -2.08. The van der Waals surface area contributed by atoms with Crippen LogP contribution in [-0.4, -0.2) is 18.1 Å². The fraction of sp³-hybridized carbons (Fsp3) is 0. The van der Waals surface area contributed by atoms with E-state index in [1.54, 1.807) is 30.3 Å². The summed E-state index contributed by atoms with van der Waals surface area (Å²) in [6.45, 7) is 0. The van der Waals surface area contributed by atoms with Gasteiger partial charge in [-0.3, -0.25) is 4.55 Å². The largest absolute Gasteiger partial charge is 0.505 e. The third-order valence-corrected chi connectivity index (χ3v) is 5.16. The smallest absolute Gasteiger partial charge is 0.295 e. The van der Waals surface area contributed by atoms with Crippen LogP contribution in [0.15, 0.2) is 69.7 Å². The molecule has 0 bridgehead atoms. The van der Waals surface area contributed by atoms with Crippen molar-refractivity contribution in [3.8, 4) is 5.75 Å². The minimum Gasteiger partial charge on any atom is -0.505 e. The minimum absolute atomic E-state index is 0.0408.